The van der Waals surface area contributed by atoms with Gasteiger partial charge >= 0.3 is 0 Å². The molecule has 0 spiro atoms. The molecule has 0 fully saturated rings. The fourth-order valence-electron chi connectivity index (χ4n) is 0.412. The second kappa shape index (κ2) is 10.3. The Kier molecular flexibility index (Phi) is 11.8. The van der Waals surface area contributed by atoms with Gasteiger partial charge in [0.1, 0.15) is 0 Å². The van der Waals surface area contributed by atoms with Gasteiger partial charge in [-0.1, -0.05) is 32.9 Å². The first kappa shape index (κ1) is 13.8. The average molecular weight is 167 g/mol. The predicted molar refractivity (Wildman–Crippen MR) is 56.8 cm³/mol. The van der Waals surface area contributed by atoms with Crippen LogP contribution < -0.4 is 5.73 Å². The molecular weight excluding hydrogens is 146 g/mol. The lowest BCUT2D eigenvalue weighted by molar-refractivity contribution is 0.750. The smallest absolute Gasteiger partial charge is 0.0136 e. The molecular formula is C11H21N. The van der Waals surface area contributed by atoms with Gasteiger partial charge in [0.25, 0.3) is 0 Å². The van der Waals surface area contributed by atoms with E-state index in [1.54, 1.807) is 0 Å². The van der Waals surface area contributed by atoms with E-state index in [-0.39, 0.29) is 0 Å². The molecule has 0 aromatic carbocycles. The fourth-order valence-corrected chi connectivity index (χ4v) is 0.412. The van der Waals surface area contributed by atoms with Crippen LogP contribution in [0.1, 0.15) is 34.1 Å². The van der Waals surface area contributed by atoms with E-state index in [1.165, 1.54) is 0 Å². The SMILES string of the molecule is C=C(CN)C(C)C.CC#CCC. The molecule has 0 rings (SSSR count). The summed E-state index contributed by atoms with van der Waals surface area (Å²) in [6.45, 7) is 12.4. The monoisotopic (exact) mass is 167 g/mol. The third-order valence-corrected chi connectivity index (χ3v) is 1.43. The van der Waals surface area contributed by atoms with E-state index in [1.807, 2.05) is 13.8 Å². The quantitative estimate of drug-likeness (QED) is 0.496. The molecule has 1 nitrogen and oxygen atoms in total. The molecule has 0 aliphatic rings. The van der Waals surface area contributed by atoms with Crippen molar-refractivity contribution in [3.8, 4) is 11.8 Å². The van der Waals surface area contributed by atoms with Crippen LogP contribution in [-0.4, -0.2) is 6.54 Å². The molecule has 0 saturated carbocycles. The van der Waals surface area contributed by atoms with Gasteiger partial charge in [-0.15, -0.1) is 11.8 Å². The summed E-state index contributed by atoms with van der Waals surface area (Å²) in [6.07, 6.45) is 0.983. The van der Waals surface area contributed by atoms with Gasteiger partial charge in [-0.05, 0) is 12.8 Å². The molecule has 0 heterocycles. The van der Waals surface area contributed by atoms with Crippen LogP contribution in [0.15, 0.2) is 12.2 Å². The Morgan fingerprint density at radius 2 is 2.00 bits per heavy atom. The summed E-state index contributed by atoms with van der Waals surface area (Å²) in [7, 11) is 0. The lowest BCUT2D eigenvalue weighted by atomic mass is 10.1. The Labute approximate surface area is 77.0 Å². The summed E-state index contributed by atoms with van der Waals surface area (Å²) in [5.41, 5.74) is 6.40. The van der Waals surface area contributed by atoms with Crippen LogP contribution in [0.5, 0.6) is 0 Å². The van der Waals surface area contributed by atoms with E-state index in [0.29, 0.717) is 12.5 Å². The maximum absolute atomic E-state index is 5.27. The Morgan fingerprint density at radius 1 is 1.50 bits per heavy atom. The average Bonchev–Trinajstić information content (AvgIpc) is 2.05. The van der Waals surface area contributed by atoms with Crippen LogP contribution in [0.4, 0.5) is 0 Å². The lowest BCUT2D eigenvalue weighted by Gasteiger charge is -2.02. The second-order valence-electron chi connectivity index (χ2n) is 2.80. The second-order valence-corrected chi connectivity index (χ2v) is 2.80. The molecule has 0 aliphatic carbocycles. The Morgan fingerprint density at radius 3 is 2.00 bits per heavy atom. The normalized spacial score (nSPS) is 7.83. The van der Waals surface area contributed by atoms with Crippen LogP contribution in [0, 0.1) is 17.8 Å². The van der Waals surface area contributed by atoms with Gasteiger partial charge in [-0.2, -0.15) is 0 Å². The van der Waals surface area contributed by atoms with Crippen LogP contribution in [0.3, 0.4) is 0 Å². The van der Waals surface area contributed by atoms with Crippen LogP contribution in [-0.2, 0) is 0 Å². The minimum Gasteiger partial charge on any atom is -0.327 e. The molecule has 0 amide bonds. The molecule has 0 atom stereocenters. The van der Waals surface area contributed by atoms with E-state index in [9.17, 15) is 0 Å². The van der Waals surface area contributed by atoms with Crippen molar-refractivity contribution in [2.45, 2.75) is 34.1 Å². The Hall–Kier alpha value is -0.740. The van der Waals surface area contributed by atoms with Crippen molar-refractivity contribution in [2.24, 2.45) is 11.7 Å². The molecule has 0 aromatic heterocycles. The summed E-state index contributed by atoms with van der Waals surface area (Å²) in [5.74, 6) is 6.17. The molecule has 0 aliphatic heterocycles. The third kappa shape index (κ3) is 12.0. The molecule has 0 aromatic rings. The topological polar surface area (TPSA) is 26.0 Å². The van der Waals surface area contributed by atoms with Gasteiger partial charge in [0.05, 0.1) is 0 Å². The zero-order valence-corrected chi connectivity index (χ0v) is 8.78. The highest BCUT2D eigenvalue weighted by atomic mass is 14.5. The van der Waals surface area contributed by atoms with Crippen molar-refractivity contribution < 1.29 is 0 Å². The van der Waals surface area contributed by atoms with E-state index in [4.69, 9.17) is 5.73 Å². The summed E-state index contributed by atoms with van der Waals surface area (Å²) in [4.78, 5) is 0. The zero-order chi connectivity index (χ0) is 9.98. The van der Waals surface area contributed by atoms with Gasteiger partial charge in [-0.3, -0.25) is 0 Å². The first-order valence-electron chi connectivity index (χ1n) is 4.37. The molecule has 12 heavy (non-hydrogen) atoms. The van der Waals surface area contributed by atoms with Crippen molar-refractivity contribution in [3.63, 3.8) is 0 Å². The number of rotatable bonds is 2. The summed E-state index contributed by atoms with van der Waals surface area (Å²) >= 11 is 0. The van der Waals surface area contributed by atoms with E-state index < -0.39 is 0 Å². The molecule has 0 bridgehead atoms. The Bertz CT molecular complexity index is 158. The Balaban J connectivity index is 0. The first-order chi connectivity index (χ1) is 5.59. The van der Waals surface area contributed by atoms with Crippen LogP contribution in [0.25, 0.3) is 0 Å². The van der Waals surface area contributed by atoms with Gasteiger partial charge < -0.3 is 5.73 Å². The third-order valence-electron chi connectivity index (χ3n) is 1.43. The molecule has 0 saturated heterocycles. The fraction of sp³-hybridized carbons (Fsp3) is 0.636. The van der Waals surface area contributed by atoms with Gasteiger partial charge in [0.2, 0.25) is 0 Å². The summed E-state index contributed by atoms with van der Waals surface area (Å²) in [5, 5.41) is 0. The van der Waals surface area contributed by atoms with E-state index >= 15 is 0 Å². The van der Waals surface area contributed by atoms with Gasteiger partial charge in [0, 0.05) is 13.0 Å². The van der Waals surface area contributed by atoms with Gasteiger partial charge in [0.15, 0.2) is 0 Å². The summed E-state index contributed by atoms with van der Waals surface area (Å²) < 4.78 is 0. The summed E-state index contributed by atoms with van der Waals surface area (Å²) in [6, 6.07) is 0. The molecule has 1 heteroatoms. The lowest BCUT2D eigenvalue weighted by Crippen LogP contribution is -2.06. The van der Waals surface area contributed by atoms with Crippen molar-refractivity contribution >= 4 is 0 Å². The highest BCUT2D eigenvalue weighted by molar-refractivity contribution is 4.98. The minimum absolute atomic E-state index is 0.546. The molecule has 2 N–H and O–H groups in total. The van der Waals surface area contributed by atoms with Crippen molar-refractivity contribution in [1.82, 2.24) is 0 Å². The first-order valence-corrected chi connectivity index (χ1v) is 4.37. The standard InChI is InChI=1S/C6H13N.C5H8/c1-5(2)6(3)4-7;1-3-5-4-2/h5H,3-4,7H2,1-2H3;3H2,1-2H3. The largest absolute Gasteiger partial charge is 0.327 e. The van der Waals surface area contributed by atoms with E-state index in [0.717, 1.165) is 12.0 Å². The number of hydrogen-bond donors (Lipinski definition) is 1. The maximum Gasteiger partial charge on any atom is 0.0136 e. The predicted octanol–water partition coefficient (Wildman–Crippen LogP) is 2.58. The van der Waals surface area contributed by atoms with Crippen molar-refractivity contribution in [1.29, 1.82) is 0 Å². The molecule has 0 unspecified atom stereocenters. The van der Waals surface area contributed by atoms with Crippen molar-refractivity contribution in [2.75, 3.05) is 6.54 Å². The molecule has 0 radical (unpaired) electrons. The van der Waals surface area contributed by atoms with E-state index in [2.05, 4.69) is 32.3 Å². The van der Waals surface area contributed by atoms with Crippen LogP contribution in [0.2, 0.25) is 0 Å². The maximum atomic E-state index is 5.27. The molecule has 70 valence electrons. The van der Waals surface area contributed by atoms with Gasteiger partial charge in [-0.25, -0.2) is 0 Å². The minimum atomic E-state index is 0.546. The highest BCUT2D eigenvalue weighted by Crippen LogP contribution is 2.02. The zero-order valence-electron chi connectivity index (χ0n) is 8.78. The number of hydrogen-bond acceptors (Lipinski definition) is 1. The number of nitrogens with two attached hydrogens (primary N) is 1. The van der Waals surface area contributed by atoms with Crippen LogP contribution >= 0.6 is 0 Å². The highest BCUT2D eigenvalue weighted by Gasteiger charge is 1.93. The van der Waals surface area contributed by atoms with Crippen molar-refractivity contribution in [3.05, 3.63) is 12.2 Å².